The van der Waals surface area contributed by atoms with Gasteiger partial charge in [0, 0.05) is 19.0 Å². The van der Waals surface area contributed by atoms with Gasteiger partial charge in [0.1, 0.15) is 17.3 Å². The van der Waals surface area contributed by atoms with E-state index >= 15 is 0 Å². The molecule has 0 fully saturated rings. The molecule has 2 N–H and O–H groups in total. The molecule has 5 nitrogen and oxygen atoms in total. The molecule has 0 radical (unpaired) electrons. The number of methoxy groups -OCH3 is 2. The number of benzene rings is 1. The van der Waals surface area contributed by atoms with Crippen LogP contribution in [-0.2, 0) is 4.79 Å². The lowest BCUT2D eigenvalue weighted by atomic mass is 10.1. The molecule has 1 rings (SSSR count). The fraction of sp³-hybridized carbons (Fsp3) is 0.500. The van der Waals surface area contributed by atoms with Crippen molar-refractivity contribution in [3.8, 4) is 11.5 Å². The van der Waals surface area contributed by atoms with Gasteiger partial charge < -0.3 is 24.9 Å². The molecule has 0 unspecified atom stereocenters. The Morgan fingerprint density at radius 3 is 2.59 bits per heavy atom. The molecule has 1 aromatic carbocycles. The SMILES string of the molecule is COc1ccc(NC(=S)NCCCCCC(C)=O)c(OC)c1. The summed E-state index contributed by atoms with van der Waals surface area (Å²) >= 11 is 5.26. The molecule has 0 amide bonds. The molecule has 0 bridgehead atoms. The minimum atomic E-state index is 0.247. The number of Topliss-reactive ketones (excluding diaryl/α,β-unsaturated/α-hetero) is 1. The largest absolute Gasteiger partial charge is 0.497 e. The number of nitrogens with one attached hydrogen (secondary N) is 2. The molecule has 0 aliphatic heterocycles. The van der Waals surface area contributed by atoms with Crippen molar-refractivity contribution in [2.75, 3.05) is 26.1 Å². The van der Waals surface area contributed by atoms with Crippen LogP contribution in [-0.4, -0.2) is 31.7 Å². The van der Waals surface area contributed by atoms with E-state index < -0.39 is 0 Å². The summed E-state index contributed by atoms with van der Waals surface area (Å²) in [5, 5.41) is 6.81. The van der Waals surface area contributed by atoms with Gasteiger partial charge in [-0.25, -0.2) is 0 Å². The molecule has 0 aliphatic carbocycles. The van der Waals surface area contributed by atoms with Gasteiger partial charge in [0.05, 0.1) is 19.9 Å². The molecule has 0 heterocycles. The summed E-state index contributed by atoms with van der Waals surface area (Å²) in [6.07, 6.45) is 3.59. The zero-order chi connectivity index (χ0) is 16.4. The summed E-state index contributed by atoms with van der Waals surface area (Å²) < 4.78 is 10.5. The maximum Gasteiger partial charge on any atom is 0.170 e. The Morgan fingerprint density at radius 2 is 1.95 bits per heavy atom. The number of thiocarbonyl (C=S) groups is 1. The first-order valence-corrected chi connectivity index (χ1v) is 7.74. The van der Waals surface area contributed by atoms with Gasteiger partial charge in [0.25, 0.3) is 0 Å². The van der Waals surface area contributed by atoms with Gasteiger partial charge in [0.2, 0.25) is 0 Å². The second-order valence-corrected chi connectivity index (χ2v) is 5.37. The zero-order valence-corrected chi connectivity index (χ0v) is 14.2. The van der Waals surface area contributed by atoms with Crippen LogP contribution in [0.1, 0.15) is 32.6 Å². The van der Waals surface area contributed by atoms with Crippen molar-refractivity contribution >= 4 is 28.8 Å². The van der Waals surface area contributed by atoms with Crippen LogP contribution < -0.4 is 20.1 Å². The van der Waals surface area contributed by atoms with Crippen molar-refractivity contribution < 1.29 is 14.3 Å². The number of hydrogen-bond donors (Lipinski definition) is 2. The summed E-state index contributed by atoms with van der Waals surface area (Å²) in [5.74, 6) is 1.65. The second-order valence-electron chi connectivity index (χ2n) is 4.96. The Bertz CT molecular complexity index is 506. The minimum Gasteiger partial charge on any atom is -0.497 e. The van der Waals surface area contributed by atoms with Gasteiger partial charge in [-0.2, -0.15) is 0 Å². The van der Waals surface area contributed by atoms with E-state index in [1.165, 1.54) is 0 Å². The summed E-state index contributed by atoms with van der Waals surface area (Å²) in [6, 6.07) is 5.50. The maximum absolute atomic E-state index is 10.8. The number of unbranched alkanes of at least 4 members (excludes halogenated alkanes) is 2. The van der Waals surface area contributed by atoms with E-state index in [2.05, 4.69) is 10.6 Å². The lowest BCUT2D eigenvalue weighted by Gasteiger charge is -2.14. The van der Waals surface area contributed by atoms with E-state index in [9.17, 15) is 4.79 Å². The summed E-state index contributed by atoms with van der Waals surface area (Å²) in [4.78, 5) is 10.8. The van der Waals surface area contributed by atoms with Crippen LogP contribution in [0.25, 0.3) is 0 Å². The first-order valence-electron chi connectivity index (χ1n) is 7.33. The van der Waals surface area contributed by atoms with Crippen LogP contribution in [0.2, 0.25) is 0 Å². The minimum absolute atomic E-state index is 0.247. The van der Waals surface area contributed by atoms with Gasteiger partial charge >= 0.3 is 0 Å². The average molecular weight is 324 g/mol. The van der Waals surface area contributed by atoms with Crippen LogP contribution in [0, 0.1) is 0 Å². The van der Waals surface area contributed by atoms with E-state index in [-0.39, 0.29) is 5.78 Å². The Hall–Kier alpha value is -1.82. The monoisotopic (exact) mass is 324 g/mol. The third kappa shape index (κ3) is 6.76. The fourth-order valence-corrected chi connectivity index (χ4v) is 2.16. The number of anilines is 1. The zero-order valence-electron chi connectivity index (χ0n) is 13.4. The molecular formula is C16H24N2O3S. The van der Waals surface area contributed by atoms with Gasteiger partial charge in [-0.15, -0.1) is 0 Å². The van der Waals surface area contributed by atoms with Crippen LogP contribution in [0.15, 0.2) is 18.2 Å². The normalized spacial score (nSPS) is 9.95. The lowest BCUT2D eigenvalue weighted by molar-refractivity contribution is -0.117. The molecular weight excluding hydrogens is 300 g/mol. The van der Waals surface area contributed by atoms with Crippen molar-refractivity contribution in [1.82, 2.24) is 5.32 Å². The Balaban J connectivity index is 2.34. The fourth-order valence-electron chi connectivity index (χ4n) is 1.95. The average Bonchev–Trinajstić information content (AvgIpc) is 2.50. The summed E-state index contributed by atoms with van der Waals surface area (Å²) in [6.45, 7) is 2.40. The number of hydrogen-bond acceptors (Lipinski definition) is 4. The van der Waals surface area contributed by atoms with Crippen molar-refractivity contribution in [2.45, 2.75) is 32.6 Å². The standard InChI is InChI=1S/C16H24N2O3S/c1-12(19)7-5-4-6-10-17-16(22)18-14-9-8-13(20-2)11-15(14)21-3/h8-9,11H,4-7,10H2,1-3H3,(H2,17,18,22). The van der Waals surface area contributed by atoms with Crippen LogP contribution in [0.4, 0.5) is 5.69 Å². The molecule has 0 aromatic heterocycles. The maximum atomic E-state index is 10.8. The van der Waals surface area contributed by atoms with E-state index in [1.807, 2.05) is 12.1 Å². The molecule has 0 aliphatic rings. The van der Waals surface area contributed by atoms with Crippen molar-refractivity contribution in [1.29, 1.82) is 0 Å². The third-order valence-corrected chi connectivity index (χ3v) is 3.39. The van der Waals surface area contributed by atoms with E-state index in [0.717, 1.165) is 37.2 Å². The predicted molar refractivity (Wildman–Crippen MR) is 92.9 cm³/mol. The van der Waals surface area contributed by atoms with Gasteiger partial charge in [0.15, 0.2) is 5.11 Å². The molecule has 1 aromatic rings. The Kier molecular flexibility index (Phi) is 8.28. The van der Waals surface area contributed by atoms with E-state index in [0.29, 0.717) is 17.3 Å². The van der Waals surface area contributed by atoms with Gasteiger partial charge in [-0.3, -0.25) is 0 Å². The molecule has 0 saturated carbocycles. The number of carbonyl (C=O) groups is 1. The van der Waals surface area contributed by atoms with Gasteiger partial charge in [-0.1, -0.05) is 6.42 Å². The topological polar surface area (TPSA) is 59.6 Å². The highest BCUT2D eigenvalue weighted by Gasteiger charge is 2.06. The first-order chi connectivity index (χ1) is 10.6. The van der Waals surface area contributed by atoms with Crippen LogP contribution in [0.5, 0.6) is 11.5 Å². The highest BCUT2D eigenvalue weighted by molar-refractivity contribution is 7.80. The highest BCUT2D eigenvalue weighted by atomic mass is 32.1. The third-order valence-electron chi connectivity index (χ3n) is 3.15. The number of carbonyl (C=O) groups excluding carboxylic acids is 1. The van der Waals surface area contributed by atoms with Crippen molar-refractivity contribution in [2.24, 2.45) is 0 Å². The molecule has 0 spiro atoms. The van der Waals surface area contributed by atoms with Crippen LogP contribution in [0.3, 0.4) is 0 Å². The van der Waals surface area contributed by atoms with Crippen LogP contribution >= 0.6 is 12.2 Å². The Labute approximate surface area is 137 Å². The second kappa shape index (κ2) is 10.00. The molecule has 22 heavy (non-hydrogen) atoms. The van der Waals surface area contributed by atoms with Crippen molar-refractivity contribution in [3.05, 3.63) is 18.2 Å². The van der Waals surface area contributed by atoms with Gasteiger partial charge in [-0.05, 0) is 44.1 Å². The summed E-state index contributed by atoms with van der Waals surface area (Å²) in [5.41, 5.74) is 0.789. The number of ether oxygens (including phenoxy) is 2. The predicted octanol–water partition coefficient (Wildman–Crippen LogP) is 3.14. The van der Waals surface area contributed by atoms with E-state index in [4.69, 9.17) is 21.7 Å². The first kappa shape index (κ1) is 18.2. The van der Waals surface area contributed by atoms with E-state index in [1.54, 1.807) is 27.2 Å². The summed E-state index contributed by atoms with van der Waals surface area (Å²) in [7, 11) is 3.21. The molecule has 0 atom stereocenters. The molecule has 0 saturated heterocycles. The number of rotatable bonds is 9. The molecule has 122 valence electrons. The Morgan fingerprint density at radius 1 is 1.18 bits per heavy atom. The smallest absolute Gasteiger partial charge is 0.170 e. The quantitative estimate of drug-likeness (QED) is 0.537. The molecule has 6 heteroatoms. The highest BCUT2D eigenvalue weighted by Crippen LogP contribution is 2.28. The van der Waals surface area contributed by atoms with Crippen molar-refractivity contribution in [3.63, 3.8) is 0 Å². The number of ketones is 1. The lowest BCUT2D eigenvalue weighted by Crippen LogP contribution is -2.29.